The molecule has 0 aliphatic carbocycles. The quantitative estimate of drug-likeness (QED) is 0.345. The van der Waals surface area contributed by atoms with Crippen molar-refractivity contribution in [1.82, 2.24) is 0 Å². The molecule has 0 radical (unpaired) electrons. The number of carbonyl (C=O) groups is 2. The van der Waals surface area contributed by atoms with Gasteiger partial charge in [0.1, 0.15) is 0 Å². The van der Waals surface area contributed by atoms with Gasteiger partial charge in [-0.3, -0.25) is 0 Å². The van der Waals surface area contributed by atoms with Gasteiger partial charge in [0.15, 0.2) is 0 Å². The Morgan fingerprint density at radius 2 is 1.07 bits per heavy atom. The molecule has 14 heavy (non-hydrogen) atoms. The Balaban J connectivity index is -0.000000605. The fourth-order valence-corrected chi connectivity index (χ4v) is 0.962. The van der Waals surface area contributed by atoms with Crippen molar-refractivity contribution in [2.45, 2.75) is 26.7 Å². The van der Waals surface area contributed by atoms with Crippen molar-refractivity contribution in [2.24, 2.45) is 0 Å². The van der Waals surface area contributed by atoms with Crippen molar-refractivity contribution in [3.05, 3.63) is 11.1 Å². The van der Waals surface area contributed by atoms with Crippen LogP contribution in [0.1, 0.15) is 26.7 Å². The third kappa shape index (κ3) is 6.22. The fourth-order valence-electron chi connectivity index (χ4n) is 0.962. The minimum Gasteiger partial charge on any atom is -0.545 e. The van der Waals surface area contributed by atoms with Gasteiger partial charge < -0.3 is 19.8 Å². The molecule has 0 saturated heterocycles. The molecule has 0 rings (SSSR count). The summed E-state index contributed by atoms with van der Waals surface area (Å²) < 4.78 is 0. The Morgan fingerprint density at radius 3 is 1.14 bits per heavy atom. The van der Waals surface area contributed by atoms with Crippen molar-refractivity contribution in [1.29, 1.82) is 0 Å². The zero-order chi connectivity index (χ0) is 9.72. The predicted octanol–water partition coefficient (Wildman–Crippen LogP) is -7.39. The van der Waals surface area contributed by atoms with Crippen LogP contribution in [0, 0.1) is 0 Å². The van der Waals surface area contributed by atoms with E-state index in [9.17, 15) is 19.8 Å². The Kier molecular flexibility index (Phi) is 14.7. The van der Waals surface area contributed by atoms with Crippen molar-refractivity contribution in [3.8, 4) is 0 Å². The zero-order valence-electron chi connectivity index (χ0n) is 9.05. The molecule has 0 unspecified atom stereocenters. The van der Waals surface area contributed by atoms with Crippen molar-refractivity contribution in [3.63, 3.8) is 0 Å². The van der Waals surface area contributed by atoms with Crippen LogP contribution >= 0.6 is 0 Å². The van der Waals surface area contributed by atoms with Gasteiger partial charge in [0.2, 0.25) is 0 Å². The minimum atomic E-state index is -1.43. The van der Waals surface area contributed by atoms with Gasteiger partial charge in [0, 0.05) is 0 Å². The predicted molar refractivity (Wildman–Crippen MR) is 37.6 cm³/mol. The van der Waals surface area contributed by atoms with Crippen LogP contribution < -0.4 is 69.3 Å². The average molecular weight is 216 g/mol. The molecule has 0 spiro atoms. The number of rotatable bonds is 4. The summed E-state index contributed by atoms with van der Waals surface area (Å²) in [6, 6.07) is 0. The maximum atomic E-state index is 10.4. The van der Waals surface area contributed by atoms with Crippen LogP contribution in [0.5, 0.6) is 0 Å². The normalized spacial score (nSPS) is 10.4. The molecule has 0 aliphatic heterocycles. The Hall–Kier alpha value is 0.680. The van der Waals surface area contributed by atoms with E-state index in [1.54, 1.807) is 13.8 Å². The molecular weight excluding hydrogens is 206 g/mol. The van der Waals surface area contributed by atoms with Crippen molar-refractivity contribution in [2.75, 3.05) is 0 Å². The standard InChI is InChI=1S/C8H12O4.2Na/c1-3-5(7(9)10)6(4-2)8(11)12;;/h3-4H2,1-2H3,(H,9,10)(H,11,12);;/q;2*+1/p-2/b6-5-;;. The molecule has 0 heterocycles. The molecule has 0 fully saturated rings. The second kappa shape index (κ2) is 10.2. The first-order valence-corrected chi connectivity index (χ1v) is 3.69. The van der Waals surface area contributed by atoms with Crippen LogP contribution in [0.4, 0.5) is 0 Å². The third-order valence-electron chi connectivity index (χ3n) is 1.56. The van der Waals surface area contributed by atoms with Gasteiger partial charge in [-0.15, -0.1) is 0 Å². The summed E-state index contributed by atoms with van der Waals surface area (Å²) in [6.45, 7) is 3.12. The molecular formula is C8H10Na2O4. The Bertz CT molecular complexity index is 211. The summed E-state index contributed by atoms with van der Waals surface area (Å²) in [5.74, 6) is -2.86. The topological polar surface area (TPSA) is 80.3 Å². The van der Waals surface area contributed by atoms with E-state index in [-0.39, 0.29) is 83.1 Å². The summed E-state index contributed by atoms with van der Waals surface area (Å²) in [7, 11) is 0. The average Bonchev–Trinajstić information content (AvgIpc) is 1.98. The van der Waals surface area contributed by atoms with Crippen LogP contribution in [0.15, 0.2) is 11.1 Å². The Morgan fingerprint density at radius 1 is 0.857 bits per heavy atom. The molecule has 0 aromatic rings. The van der Waals surface area contributed by atoms with E-state index in [1.165, 1.54) is 0 Å². The monoisotopic (exact) mass is 216 g/mol. The summed E-state index contributed by atoms with van der Waals surface area (Å²) in [5, 5.41) is 20.8. The summed E-state index contributed by atoms with van der Waals surface area (Å²) in [6.07, 6.45) is 0.277. The molecule has 0 saturated carbocycles. The van der Waals surface area contributed by atoms with E-state index < -0.39 is 11.9 Å². The van der Waals surface area contributed by atoms with Gasteiger partial charge in [-0.2, -0.15) is 0 Å². The second-order valence-corrected chi connectivity index (χ2v) is 2.24. The van der Waals surface area contributed by atoms with Crippen LogP contribution in [-0.2, 0) is 9.59 Å². The molecule has 68 valence electrons. The van der Waals surface area contributed by atoms with E-state index in [1.807, 2.05) is 0 Å². The molecule has 0 aromatic carbocycles. The summed E-state index contributed by atoms with van der Waals surface area (Å²) >= 11 is 0. The number of hydrogen-bond acceptors (Lipinski definition) is 4. The van der Waals surface area contributed by atoms with Crippen LogP contribution in [-0.4, -0.2) is 11.9 Å². The largest absolute Gasteiger partial charge is 1.00 e. The van der Waals surface area contributed by atoms with Gasteiger partial charge in [-0.1, -0.05) is 13.8 Å². The molecule has 0 aromatic heterocycles. The van der Waals surface area contributed by atoms with Gasteiger partial charge in [0.05, 0.1) is 11.9 Å². The number of hydrogen-bond donors (Lipinski definition) is 0. The molecule has 0 aliphatic rings. The van der Waals surface area contributed by atoms with E-state index >= 15 is 0 Å². The van der Waals surface area contributed by atoms with Crippen LogP contribution in [0.3, 0.4) is 0 Å². The van der Waals surface area contributed by atoms with E-state index in [0.717, 1.165) is 0 Å². The number of carbonyl (C=O) groups excluding carboxylic acids is 2. The fraction of sp³-hybridized carbons (Fsp3) is 0.500. The van der Waals surface area contributed by atoms with Crippen molar-refractivity contribution >= 4 is 11.9 Å². The summed E-state index contributed by atoms with van der Waals surface area (Å²) in [4.78, 5) is 20.8. The SMILES string of the molecule is CC/C(C(=O)[O-])=C(\CC)C(=O)[O-].[Na+].[Na+]. The molecule has 0 bridgehead atoms. The maximum absolute atomic E-state index is 10.4. The Labute approximate surface area is 127 Å². The van der Waals surface area contributed by atoms with Gasteiger partial charge in [-0.05, 0) is 24.0 Å². The van der Waals surface area contributed by atoms with Crippen molar-refractivity contribution < 1.29 is 78.9 Å². The molecule has 0 amide bonds. The maximum Gasteiger partial charge on any atom is 1.00 e. The van der Waals surface area contributed by atoms with E-state index in [2.05, 4.69) is 0 Å². The molecule has 0 atom stereocenters. The molecule has 0 N–H and O–H groups in total. The first kappa shape index (κ1) is 20.1. The number of carboxylic acid groups (broad SMARTS) is 2. The number of aliphatic carboxylic acids is 2. The summed E-state index contributed by atoms with van der Waals surface area (Å²) in [5.41, 5.74) is -0.366. The van der Waals surface area contributed by atoms with Crippen LogP contribution in [0.25, 0.3) is 0 Å². The zero-order valence-corrected chi connectivity index (χ0v) is 13.0. The van der Waals surface area contributed by atoms with E-state index in [4.69, 9.17) is 0 Å². The number of carboxylic acids is 2. The first-order valence-electron chi connectivity index (χ1n) is 3.69. The van der Waals surface area contributed by atoms with Gasteiger partial charge in [-0.25, -0.2) is 0 Å². The molecule has 6 heteroatoms. The second-order valence-electron chi connectivity index (χ2n) is 2.24. The molecule has 4 nitrogen and oxygen atoms in total. The van der Waals surface area contributed by atoms with Crippen LogP contribution in [0.2, 0.25) is 0 Å². The smallest absolute Gasteiger partial charge is 0.545 e. The third-order valence-corrected chi connectivity index (χ3v) is 1.56. The first-order chi connectivity index (χ1) is 5.54. The van der Waals surface area contributed by atoms with E-state index in [0.29, 0.717) is 0 Å². The minimum absolute atomic E-state index is 0. The van der Waals surface area contributed by atoms with Gasteiger partial charge in [0.25, 0.3) is 0 Å². The van der Waals surface area contributed by atoms with Gasteiger partial charge >= 0.3 is 59.1 Å².